The van der Waals surface area contributed by atoms with E-state index in [-0.39, 0.29) is 6.10 Å². The van der Waals surface area contributed by atoms with Gasteiger partial charge in [-0.3, -0.25) is 14.8 Å². The molecule has 3 aliphatic rings. The molecule has 3 fully saturated rings. The molecule has 3 unspecified atom stereocenters. The molecule has 7 heteroatoms. The van der Waals surface area contributed by atoms with E-state index >= 15 is 0 Å². The molecule has 0 bridgehead atoms. The molecule has 3 aliphatic heterocycles. The van der Waals surface area contributed by atoms with E-state index in [1.807, 2.05) is 0 Å². The second-order valence-electron chi connectivity index (χ2n) is 8.53. The highest BCUT2D eigenvalue weighted by Crippen LogP contribution is 2.24. The van der Waals surface area contributed by atoms with Gasteiger partial charge in [0.2, 0.25) is 0 Å². The molecule has 0 aliphatic carbocycles. The van der Waals surface area contributed by atoms with Crippen LogP contribution in [0.3, 0.4) is 0 Å². The minimum atomic E-state index is 0.253. The van der Waals surface area contributed by atoms with E-state index in [4.69, 9.17) is 14.5 Å². The summed E-state index contributed by atoms with van der Waals surface area (Å²) in [6, 6.07) is 11.6. The first-order chi connectivity index (χ1) is 14.7. The van der Waals surface area contributed by atoms with Crippen LogP contribution in [0, 0.1) is 0 Å². The first-order valence-corrected chi connectivity index (χ1v) is 11.5. The highest BCUT2D eigenvalue weighted by Gasteiger charge is 2.41. The fraction of sp³-hybridized carbons (Fsp3) is 0.696. The molecule has 1 aromatic rings. The molecule has 4 rings (SSSR count). The number of hydrogen-bond acceptors (Lipinski definition) is 5. The third kappa shape index (κ3) is 5.32. The van der Waals surface area contributed by atoms with Gasteiger partial charge in [0.25, 0.3) is 0 Å². The summed E-state index contributed by atoms with van der Waals surface area (Å²) in [6.45, 7) is 14.4. The summed E-state index contributed by atoms with van der Waals surface area (Å²) in [4.78, 5) is 12.5. The van der Waals surface area contributed by atoms with Gasteiger partial charge in [0.05, 0.1) is 38.5 Å². The summed E-state index contributed by atoms with van der Waals surface area (Å²) in [5.41, 5.74) is 1.37. The van der Waals surface area contributed by atoms with Crippen molar-refractivity contribution >= 4 is 5.96 Å². The summed E-state index contributed by atoms with van der Waals surface area (Å²) in [5, 5.41) is 3.52. The standard InChI is InChI=1S/C23H37N5O2/c1-3-24-23(25-15-19(2)26-9-12-29-13-10-26)28-17-21-22(18-28)30-14-11-27(21)16-20-7-5-4-6-8-20/h4-8,19,21-22H,3,9-18H2,1-2H3,(H,24,25). The van der Waals surface area contributed by atoms with Crippen LogP contribution in [0.1, 0.15) is 19.4 Å². The first-order valence-electron chi connectivity index (χ1n) is 11.5. The number of morpholine rings is 2. The van der Waals surface area contributed by atoms with Gasteiger partial charge in [0, 0.05) is 51.9 Å². The summed E-state index contributed by atoms with van der Waals surface area (Å²) in [5.74, 6) is 1.02. The van der Waals surface area contributed by atoms with E-state index in [1.54, 1.807) is 0 Å². The van der Waals surface area contributed by atoms with Crippen LogP contribution in [0.2, 0.25) is 0 Å². The van der Waals surface area contributed by atoms with Crippen LogP contribution in [0.15, 0.2) is 35.3 Å². The molecule has 0 spiro atoms. The summed E-state index contributed by atoms with van der Waals surface area (Å²) >= 11 is 0. The Morgan fingerprint density at radius 1 is 1.13 bits per heavy atom. The number of likely N-dealkylation sites (tertiary alicyclic amines) is 1. The highest BCUT2D eigenvalue weighted by atomic mass is 16.5. The largest absolute Gasteiger partial charge is 0.379 e. The second kappa shape index (κ2) is 10.6. The third-order valence-electron chi connectivity index (χ3n) is 6.45. The normalized spacial score (nSPS) is 27.1. The van der Waals surface area contributed by atoms with Crippen molar-refractivity contribution in [1.82, 2.24) is 20.0 Å². The number of ether oxygens (including phenoxy) is 2. The van der Waals surface area contributed by atoms with Gasteiger partial charge >= 0.3 is 0 Å². The molecule has 3 saturated heterocycles. The van der Waals surface area contributed by atoms with Crippen LogP contribution in [-0.2, 0) is 16.0 Å². The fourth-order valence-corrected chi connectivity index (χ4v) is 4.72. The Morgan fingerprint density at radius 3 is 2.70 bits per heavy atom. The molecule has 1 N–H and O–H groups in total. The van der Waals surface area contributed by atoms with E-state index in [1.165, 1.54) is 5.56 Å². The van der Waals surface area contributed by atoms with Gasteiger partial charge in [-0.15, -0.1) is 0 Å². The number of rotatable bonds is 6. The maximum Gasteiger partial charge on any atom is 0.194 e. The molecule has 30 heavy (non-hydrogen) atoms. The number of benzene rings is 1. The molecule has 0 radical (unpaired) electrons. The molecule has 3 heterocycles. The lowest BCUT2D eigenvalue weighted by molar-refractivity contribution is -0.0502. The SMILES string of the molecule is CCNC(=NCC(C)N1CCOCC1)N1CC2OCCN(Cc3ccccc3)C2C1. The molecule has 7 nitrogen and oxygen atoms in total. The predicted molar refractivity (Wildman–Crippen MR) is 120 cm³/mol. The average molecular weight is 416 g/mol. The van der Waals surface area contributed by atoms with Gasteiger partial charge < -0.3 is 19.7 Å². The lowest BCUT2D eigenvalue weighted by Crippen LogP contribution is -2.50. The van der Waals surface area contributed by atoms with Gasteiger partial charge in [-0.1, -0.05) is 30.3 Å². The fourth-order valence-electron chi connectivity index (χ4n) is 4.72. The lowest BCUT2D eigenvalue weighted by atomic mass is 10.1. The molecular weight excluding hydrogens is 378 g/mol. The van der Waals surface area contributed by atoms with Crippen LogP contribution >= 0.6 is 0 Å². The monoisotopic (exact) mass is 415 g/mol. The molecule has 0 saturated carbocycles. The number of guanidine groups is 1. The first kappa shape index (κ1) is 21.6. The van der Waals surface area contributed by atoms with Gasteiger partial charge in [0.15, 0.2) is 5.96 Å². The molecule has 0 aromatic heterocycles. The van der Waals surface area contributed by atoms with E-state index < -0.39 is 0 Å². The van der Waals surface area contributed by atoms with E-state index in [0.717, 1.165) is 78.1 Å². The average Bonchev–Trinajstić information content (AvgIpc) is 3.23. The molecule has 166 valence electrons. The molecular formula is C23H37N5O2. The van der Waals surface area contributed by atoms with Crippen molar-refractivity contribution in [1.29, 1.82) is 0 Å². The minimum absolute atomic E-state index is 0.253. The van der Waals surface area contributed by atoms with Crippen LogP contribution in [0.4, 0.5) is 0 Å². The van der Waals surface area contributed by atoms with Crippen molar-refractivity contribution in [3.63, 3.8) is 0 Å². The Morgan fingerprint density at radius 2 is 1.93 bits per heavy atom. The van der Waals surface area contributed by atoms with Crippen molar-refractivity contribution in [3.8, 4) is 0 Å². The van der Waals surface area contributed by atoms with Crippen LogP contribution < -0.4 is 5.32 Å². The Hall–Kier alpha value is -1.67. The molecule has 3 atom stereocenters. The quantitative estimate of drug-likeness (QED) is 0.558. The second-order valence-corrected chi connectivity index (χ2v) is 8.53. The number of nitrogens with one attached hydrogen (secondary N) is 1. The smallest absolute Gasteiger partial charge is 0.194 e. The Bertz CT molecular complexity index is 679. The van der Waals surface area contributed by atoms with Crippen molar-refractivity contribution in [2.24, 2.45) is 4.99 Å². The Kier molecular flexibility index (Phi) is 7.60. The van der Waals surface area contributed by atoms with Gasteiger partial charge in [-0.05, 0) is 19.4 Å². The van der Waals surface area contributed by atoms with Crippen LogP contribution in [0.5, 0.6) is 0 Å². The Balaban J connectivity index is 1.39. The Labute approximate surface area is 181 Å². The van der Waals surface area contributed by atoms with E-state index in [0.29, 0.717) is 12.1 Å². The number of nitrogens with zero attached hydrogens (tertiary/aromatic N) is 4. The van der Waals surface area contributed by atoms with Gasteiger partial charge in [-0.2, -0.15) is 0 Å². The van der Waals surface area contributed by atoms with Crippen LogP contribution in [0.25, 0.3) is 0 Å². The number of fused-ring (bicyclic) bond motifs is 1. The highest BCUT2D eigenvalue weighted by molar-refractivity contribution is 5.80. The summed E-state index contributed by atoms with van der Waals surface area (Å²) < 4.78 is 11.6. The number of aliphatic imine (C=N–C) groups is 1. The summed E-state index contributed by atoms with van der Waals surface area (Å²) in [6.07, 6.45) is 0.253. The van der Waals surface area contributed by atoms with E-state index in [2.05, 4.69) is 64.2 Å². The molecule has 1 aromatic carbocycles. The van der Waals surface area contributed by atoms with Crippen molar-refractivity contribution in [3.05, 3.63) is 35.9 Å². The van der Waals surface area contributed by atoms with Crippen LogP contribution in [-0.4, -0.2) is 104 Å². The lowest BCUT2D eigenvalue weighted by Gasteiger charge is -2.36. The van der Waals surface area contributed by atoms with E-state index in [9.17, 15) is 0 Å². The predicted octanol–water partition coefficient (Wildman–Crippen LogP) is 1.26. The van der Waals surface area contributed by atoms with Gasteiger partial charge in [-0.25, -0.2) is 0 Å². The molecule has 0 amide bonds. The van der Waals surface area contributed by atoms with Crippen molar-refractivity contribution in [2.75, 3.05) is 65.6 Å². The van der Waals surface area contributed by atoms with Crippen molar-refractivity contribution in [2.45, 2.75) is 38.6 Å². The minimum Gasteiger partial charge on any atom is -0.379 e. The maximum absolute atomic E-state index is 6.16. The third-order valence-corrected chi connectivity index (χ3v) is 6.45. The van der Waals surface area contributed by atoms with Gasteiger partial charge in [0.1, 0.15) is 0 Å². The topological polar surface area (TPSA) is 52.6 Å². The zero-order chi connectivity index (χ0) is 20.8. The zero-order valence-corrected chi connectivity index (χ0v) is 18.5. The zero-order valence-electron chi connectivity index (χ0n) is 18.5. The summed E-state index contributed by atoms with van der Waals surface area (Å²) in [7, 11) is 0. The van der Waals surface area contributed by atoms with Crippen molar-refractivity contribution < 1.29 is 9.47 Å². The number of hydrogen-bond donors (Lipinski definition) is 1. The maximum atomic E-state index is 6.16.